The van der Waals surface area contributed by atoms with Gasteiger partial charge in [-0.25, -0.2) is 4.79 Å². The molecule has 1 aliphatic rings. The first kappa shape index (κ1) is 19.2. The second kappa shape index (κ2) is 7.18. The molecule has 0 saturated carbocycles. The number of carboxylic acids is 1. The Balaban J connectivity index is 1.95. The van der Waals surface area contributed by atoms with Crippen molar-refractivity contribution in [2.75, 3.05) is 5.32 Å². The van der Waals surface area contributed by atoms with E-state index in [1.54, 1.807) is 30.3 Å². The summed E-state index contributed by atoms with van der Waals surface area (Å²) in [7, 11) is 0. The van der Waals surface area contributed by atoms with Crippen molar-refractivity contribution in [3.63, 3.8) is 0 Å². The second-order valence-electron chi connectivity index (χ2n) is 5.95. The molecule has 2 amide bonds. The Labute approximate surface area is 156 Å². The van der Waals surface area contributed by atoms with E-state index < -0.39 is 30.0 Å². The zero-order valence-corrected chi connectivity index (χ0v) is 14.1. The first-order valence-electron chi connectivity index (χ1n) is 8.00. The van der Waals surface area contributed by atoms with Gasteiger partial charge in [-0.3, -0.25) is 9.59 Å². The molecule has 3 N–H and O–H groups in total. The molecule has 9 heteroatoms. The predicted octanol–water partition coefficient (Wildman–Crippen LogP) is 3.01. The van der Waals surface area contributed by atoms with E-state index in [4.69, 9.17) is 5.11 Å². The summed E-state index contributed by atoms with van der Waals surface area (Å²) in [5.74, 6) is -4.08. The monoisotopic (exact) mass is 390 g/mol. The molecule has 3 rings (SSSR count). The smallest absolute Gasteiger partial charge is 0.471 e. The van der Waals surface area contributed by atoms with E-state index in [2.05, 4.69) is 5.32 Å². The Morgan fingerprint density at radius 2 is 1.64 bits per heavy atom. The maximum Gasteiger partial charge on any atom is 0.471 e. The van der Waals surface area contributed by atoms with Gasteiger partial charge in [-0.05, 0) is 34.4 Å². The number of carbonyl (C=O) groups excluding carboxylic acids is 2. The molecule has 1 atom stereocenters. The number of hydrogen-bond donors (Lipinski definition) is 3. The fourth-order valence-corrected chi connectivity index (χ4v) is 2.99. The molecule has 0 aliphatic heterocycles. The number of amides is 2. The summed E-state index contributed by atoms with van der Waals surface area (Å²) >= 11 is 0. The maximum atomic E-state index is 12.7. The number of alkyl halides is 3. The molecule has 28 heavy (non-hydrogen) atoms. The minimum absolute atomic E-state index is 0.248. The van der Waals surface area contributed by atoms with Crippen LogP contribution in [0.15, 0.2) is 54.6 Å². The molecule has 2 aromatic rings. The van der Waals surface area contributed by atoms with Crippen molar-refractivity contribution in [1.29, 1.82) is 0 Å². The van der Waals surface area contributed by atoms with Crippen molar-refractivity contribution < 1.29 is 32.7 Å². The van der Waals surface area contributed by atoms with E-state index in [0.717, 1.165) is 6.08 Å². The van der Waals surface area contributed by atoms with E-state index in [0.29, 0.717) is 28.3 Å². The van der Waals surface area contributed by atoms with E-state index in [9.17, 15) is 27.6 Å². The molecule has 0 aromatic heterocycles. The van der Waals surface area contributed by atoms with Crippen molar-refractivity contribution in [2.24, 2.45) is 0 Å². The SMILES string of the molecule is O=C(O)C=CC(=O)Nc1ccc2c(c1)C(NC(=O)C(F)(F)F)c1ccccc1-2. The van der Waals surface area contributed by atoms with Gasteiger partial charge in [0.25, 0.3) is 0 Å². The molecule has 0 heterocycles. The van der Waals surface area contributed by atoms with Crippen LogP contribution in [0.4, 0.5) is 18.9 Å². The van der Waals surface area contributed by atoms with Crippen LogP contribution in [0.1, 0.15) is 17.2 Å². The number of anilines is 1. The topological polar surface area (TPSA) is 95.5 Å². The van der Waals surface area contributed by atoms with Crippen LogP contribution in [0, 0.1) is 0 Å². The first-order valence-corrected chi connectivity index (χ1v) is 8.00. The Hall–Kier alpha value is -3.62. The number of benzene rings is 2. The highest BCUT2D eigenvalue weighted by atomic mass is 19.4. The van der Waals surface area contributed by atoms with Crippen LogP contribution < -0.4 is 10.6 Å². The molecular weight excluding hydrogens is 377 g/mol. The summed E-state index contributed by atoms with van der Waals surface area (Å²) < 4.78 is 38.2. The Kier molecular flexibility index (Phi) is 4.91. The summed E-state index contributed by atoms with van der Waals surface area (Å²) in [6, 6.07) is 10.3. The van der Waals surface area contributed by atoms with Gasteiger partial charge in [-0.15, -0.1) is 0 Å². The lowest BCUT2D eigenvalue weighted by atomic mass is 10.0. The zero-order chi connectivity index (χ0) is 20.5. The highest BCUT2D eigenvalue weighted by Crippen LogP contribution is 2.44. The Morgan fingerprint density at radius 1 is 0.964 bits per heavy atom. The third-order valence-corrected chi connectivity index (χ3v) is 4.10. The van der Waals surface area contributed by atoms with Crippen LogP contribution in [0.25, 0.3) is 11.1 Å². The second-order valence-corrected chi connectivity index (χ2v) is 5.95. The van der Waals surface area contributed by atoms with Crippen LogP contribution in [-0.4, -0.2) is 29.1 Å². The average molecular weight is 390 g/mol. The van der Waals surface area contributed by atoms with Crippen molar-refractivity contribution in [3.05, 3.63) is 65.7 Å². The highest BCUT2D eigenvalue weighted by molar-refractivity contribution is 6.02. The van der Waals surface area contributed by atoms with Crippen molar-refractivity contribution in [2.45, 2.75) is 12.2 Å². The van der Waals surface area contributed by atoms with Crippen LogP contribution >= 0.6 is 0 Å². The lowest BCUT2D eigenvalue weighted by Gasteiger charge is -2.17. The van der Waals surface area contributed by atoms with Crippen LogP contribution in [0.3, 0.4) is 0 Å². The van der Waals surface area contributed by atoms with Crippen molar-refractivity contribution in [1.82, 2.24) is 5.32 Å². The number of carbonyl (C=O) groups is 3. The highest BCUT2D eigenvalue weighted by Gasteiger charge is 2.42. The summed E-state index contributed by atoms with van der Waals surface area (Å²) in [5.41, 5.74) is 2.44. The number of hydrogen-bond acceptors (Lipinski definition) is 3. The average Bonchev–Trinajstić information content (AvgIpc) is 2.93. The predicted molar refractivity (Wildman–Crippen MR) is 93.3 cm³/mol. The number of fused-ring (bicyclic) bond motifs is 3. The minimum atomic E-state index is -5.04. The zero-order valence-electron chi connectivity index (χ0n) is 14.1. The number of aliphatic carboxylic acids is 1. The molecule has 0 saturated heterocycles. The van der Waals surface area contributed by atoms with E-state index >= 15 is 0 Å². The molecule has 0 spiro atoms. The van der Waals surface area contributed by atoms with Gasteiger partial charge >= 0.3 is 18.1 Å². The van der Waals surface area contributed by atoms with E-state index in [1.807, 2.05) is 5.32 Å². The third-order valence-electron chi connectivity index (χ3n) is 4.10. The molecule has 1 unspecified atom stereocenters. The van der Waals surface area contributed by atoms with Gasteiger partial charge in [0.1, 0.15) is 0 Å². The maximum absolute atomic E-state index is 12.7. The lowest BCUT2D eigenvalue weighted by Crippen LogP contribution is -2.39. The van der Waals surface area contributed by atoms with Gasteiger partial charge in [0.05, 0.1) is 6.04 Å². The van der Waals surface area contributed by atoms with Crippen LogP contribution in [-0.2, 0) is 14.4 Å². The Bertz CT molecular complexity index is 999. The van der Waals surface area contributed by atoms with Gasteiger partial charge in [0.2, 0.25) is 5.91 Å². The molecular formula is C19H13F3N2O4. The molecule has 0 bridgehead atoms. The standard InChI is InChI=1S/C19H13F3N2O4/c20-19(21,22)18(28)24-17-13-4-2-1-3-11(13)12-6-5-10(9-14(12)17)23-15(25)7-8-16(26)27/h1-9,17H,(H,23,25)(H,24,28)(H,26,27). The van der Waals surface area contributed by atoms with Gasteiger partial charge in [0, 0.05) is 17.8 Å². The molecule has 144 valence electrons. The number of halogens is 3. The quantitative estimate of drug-likeness (QED) is 0.700. The van der Waals surface area contributed by atoms with Gasteiger partial charge in [-0.2, -0.15) is 13.2 Å². The first-order chi connectivity index (χ1) is 13.2. The van der Waals surface area contributed by atoms with Gasteiger partial charge < -0.3 is 15.7 Å². The molecule has 0 fully saturated rings. The Morgan fingerprint density at radius 3 is 2.32 bits per heavy atom. The fraction of sp³-hybridized carbons (Fsp3) is 0.105. The third kappa shape index (κ3) is 3.88. The minimum Gasteiger partial charge on any atom is -0.478 e. The van der Waals surface area contributed by atoms with Crippen LogP contribution in [0.5, 0.6) is 0 Å². The van der Waals surface area contributed by atoms with E-state index in [-0.39, 0.29) is 5.69 Å². The molecule has 6 nitrogen and oxygen atoms in total. The molecule has 1 aliphatic carbocycles. The number of nitrogens with one attached hydrogen (secondary N) is 2. The number of rotatable bonds is 4. The fourth-order valence-electron chi connectivity index (χ4n) is 2.99. The summed E-state index contributed by atoms with van der Waals surface area (Å²) in [6.45, 7) is 0. The largest absolute Gasteiger partial charge is 0.478 e. The van der Waals surface area contributed by atoms with Crippen LogP contribution in [0.2, 0.25) is 0 Å². The molecule has 0 radical (unpaired) electrons. The van der Waals surface area contributed by atoms with Gasteiger partial charge in [0.15, 0.2) is 0 Å². The van der Waals surface area contributed by atoms with Gasteiger partial charge in [-0.1, -0.05) is 30.3 Å². The summed E-state index contributed by atoms with van der Waals surface area (Å²) in [6.07, 6.45) is -3.57. The van der Waals surface area contributed by atoms with Crippen molar-refractivity contribution >= 4 is 23.5 Å². The lowest BCUT2D eigenvalue weighted by molar-refractivity contribution is -0.174. The van der Waals surface area contributed by atoms with E-state index in [1.165, 1.54) is 12.1 Å². The summed E-state index contributed by atoms with van der Waals surface area (Å²) in [5, 5.41) is 13.0. The normalized spacial score (nSPS) is 15.0. The summed E-state index contributed by atoms with van der Waals surface area (Å²) in [4.78, 5) is 33.7. The molecule has 2 aromatic carbocycles. The van der Waals surface area contributed by atoms with Crippen molar-refractivity contribution in [3.8, 4) is 11.1 Å². The number of carboxylic acid groups (broad SMARTS) is 1.